The number of para-hydroxylation sites is 1. The van der Waals surface area contributed by atoms with Crippen molar-refractivity contribution in [2.75, 3.05) is 0 Å². The van der Waals surface area contributed by atoms with Gasteiger partial charge in [-0.1, -0.05) is 31.2 Å². The SMILES string of the molecule is CCc1ccc(-n2nc3oc4c(O)cccc4cc-3c2=O)cc1. The first-order valence-electron chi connectivity index (χ1n) is 7.41. The number of hydrogen-bond acceptors (Lipinski definition) is 4. The molecule has 0 aromatic heterocycles. The lowest BCUT2D eigenvalue weighted by molar-refractivity contribution is 0.462. The molecular weight excluding hydrogens is 292 g/mol. The summed E-state index contributed by atoms with van der Waals surface area (Å²) in [4.78, 5) is 12.6. The molecule has 5 heteroatoms. The van der Waals surface area contributed by atoms with Crippen LogP contribution in [-0.4, -0.2) is 14.9 Å². The van der Waals surface area contributed by atoms with E-state index < -0.39 is 0 Å². The topological polar surface area (TPSA) is 68.3 Å². The second-order valence-corrected chi connectivity index (χ2v) is 5.40. The van der Waals surface area contributed by atoms with Crippen molar-refractivity contribution in [2.45, 2.75) is 13.3 Å². The number of rotatable bonds is 2. The smallest absolute Gasteiger partial charge is 0.284 e. The zero-order chi connectivity index (χ0) is 16.0. The highest BCUT2D eigenvalue weighted by atomic mass is 16.4. The Morgan fingerprint density at radius 2 is 1.96 bits per heavy atom. The van der Waals surface area contributed by atoms with Crippen molar-refractivity contribution in [3.63, 3.8) is 0 Å². The molecule has 0 aliphatic carbocycles. The van der Waals surface area contributed by atoms with Gasteiger partial charge in [-0.3, -0.25) is 4.79 Å². The summed E-state index contributed by atoms with van der Waals surface area (Å²) in [6, 6.07) is 14.4. The standard InChI is InChI=1S/C18H14N2O3/c1-2-11-6-8-13(9-7-11)20-18(22)14-10-12-4-3-5-15(21)16(12)23-17(14)19-20/h3-10,21H,2H2,1H3. The Bertz CT molecular complexity index is 1030. The highest BCUT2D eigenvalue weighted by Gasteiger charge is 2.20. The molecule has 2 aliphatic rings. The molecule has 0 amide bonds. The third kappa shape index (κ3) is 2.09. The molecule has 2 heterocycles. The van der Waals surface area contributed by atoms with Crippen LogP contribution in [0.5, 0.6) is 5.75 Å². The number of phenols is 1. The van der Waals surface area contributed by atoms with E-state index in [4.69, 9.17) is 4.42 Å². The minimum Gasteiger partial charge on any atom is -0.504 e. The first-order valence-corrected chi connectivity index (χ1v) is 7.41. The number of aromatic nitrogens is 2. The Morgan fingerprint density at radius 1 is 1.17 bits per heavy atom. The Hall–Kier alpha value is -3.08. The number of aromatic hydroxyl groups is 1. The summed E-state index contributed by atoms with van der Waals surface area (Å²) in [7, 11) is 0. The van der Waals surface area contributed by atoms with E-state index in [1.54, 1.807) is 18.2 Å². The summed E-state index contributed by atoms with van der Waals surface area (Å²) in [5, 5.41) is 14.8. The summed E-state index contributed by atoms with van der Waals surface area (Å²) < 4.78 is 6.95. The van der Waals surface area contributed by atoms with Crippen molar-refractivity contribution in [3.8, 4) is 22.9 Å². The van der Waals surface area contributed by atoms with E-state index in [2.05, 4.69) is 12.0 Å². The van der Waals surface area contributed by atoms with Gasteiger partial charge in [0.05, 0.1) is 5.69 Å². The van der Waals surface area contributed by atoms with Crippen LogP contribution >= 0.6 is 0 Å². The summed E-state index contributed by atoms with van der Waals surface area (Å²) in [6.07, 6.45) is 0.936. The number of phenolic OH excluding ortho intramolecular Hbond substituents is 1. The van der Waals surface area contributed by atoms with E-state index >= 15 is 0 Å². The van der Waals surface area contributed by atoms with Gasteiger partial charge >= 0.3 is 0 Å². The van der Waals surface area contributed by atoms with Crippen molar-refractivity contribution in [1.82, 2.24) is 9.78 Å². The lowest BCUT2D eigenvalue weighted by Gasteiger charge is -2.01. The monoisotopic (exact) mass is 306 g/mol. The van der Waals surface area contributed by atoms with Crippen molar-refractivity contribution in [2.24, 2.45) is 0 Å². The number of nitrogens with zero attached hydrogens (tertiary/aromatic N) is 2. The van der Waals surface area contributed by atoms with Crippen molar-refractivity contribution in [3.05, 3.63) is 64.4 Å². The molecule has 2 aromatic rings. The molecule has 0 spiro atoms. The summed E-state index contributed by atoms with van der Waals surface area (Å²) in [5.41, 5.74) is 2.36. The van der Waals surface area contributed by atoms with Gasteiger partial charge in [0.15, 0.2) is 11.3 Å². The fourth-order valence-corrected chi connectivity index (χ4v) is 2.66. The largest absolute Gasteiger partial charge is 0.504 e. The van der Waals surface area contributed by atoms with Crippen LogP contribution in [0.2, 0.25) is 0 Å². The van der Waals surface area contributed by atoms with Crippen LogP contribution in [-0.2, 0) is 6.42 Å². The maximum absolute atomic E-state index is 12.6. The second kappa shape index (κ2) is 4.98. The van der Waals surface area contributed by atoms with E-state index in [1.165, 1.54) is 16.3 Å². The van der Waals surface area contributed by atoms with E-state index in [-0.39, 0.29) is 17.2 Å². The fraction of sp³-hybridized carbons (Fsp3) is 0.111. The summed E-state index contributed by atoms with van der Waals surface area (Å²) >= 11 is 0. The fourth-order valence-electron chi connectivity index (χ4n) is 2.66. The maximum Gasteiger partial charge on any atom is 0.284 e. The second-order valence-electron chi connectivity index (χ2n) is 5.40. The normalized spacial score (nSPS) is 11.3. The van der Waals surface area contributed by atoms with Crippen LogP contribution < -0.4 is 5.56 Å². The molecule has 4 rings (SSSR count). The van der Waals surface area contributed by atoms with Gasteiger partial charge in [-0.05, 0) is 36.2 Å². The van der Waals surface area contributed by atoms with Crippen molar-refractivity contribution >= 4 is 11.0 Å². The Balaban J connectivity index is 1.96. The van der Waals surface area contributed by atoms with Gasteiger partial charge in [-0.2, -0.15) is 4.68 Å². The average molecular weight is 306 g/mol. The highest BCUT2D eigenvalue weighted by molar-refractivity contribution is 5.86. The van der Waals surface area contributed by atoms with Crippen molar-refractivity contribution < 1.29 is 9.52 Å². The molecule has 0 unspecified atom stereocenters. The number of aryl methyl sites for hydroxylation is 1. The molecular formula is C18H14N2O3. The summed E-state index contributed by atoms with van der Waals surface area (Å²) in [5.74, 6) is 0.238. The molecule has 2 aliphatic heterocycles. The predicted molar refractivity (Wildman–Crippen MR) is 87.3 cm³/mol. The zero-order valence-electron chi connectivity index (χ0n) is 12.5. The molecule has 0 radical (unpaired) electrons. The molecule has 23 heavy (non-hydrogen) atoms. The molecule has 0 bridgehead atoms. The molecule has 0 saturated heterocycles. The first-order chi connectivity index (χ1) is 11.2. The van der Waals surface area contributed by atoms with Gasteiger partial charge in [-0.25, -0.2) is 0 Å². The summed E-state index contributed by atoms with van der Waals surface area (Å²) in [6.45, 7) is 2.08. The quantitative estimate of drug-likeness (QED) is 0.616. The van der Waals surface area contributed by atoms with Crippen molar-refractivity contribution in [1.29, 1.82) is 0 Å². The number of hydrogen-bond donors (Lipinski definition) is 1. The zero-order valence-corrected chi connectivity index (χ0v) is 12.5. The molecule has 1 N–H and O–H groups in total. The van der Waals surface area contributed by atoms with E-state index in [9.17, 15) is 9.90 Å². The lowest BCUT2D eigenvalue weighted by Crippen LogP contribution is -2.14. The molecule has 5 nitrogen and oxygen atoms in total. The van der Waals surface area contributed by atoms with Crippen LogP contribution in [0.3, 0.4) is 0 Å². The minimum atomic E-state index is -0.238. The first kappa shape index (κ1) is 13.6. The van der Waals surface area contributed by atoms with Crippen LogP contribution in [0, 0.1) is 0 Å². The van der Waals surface area contributed by atoms with Crippen LogP contribution in [0.15, 0.2) is 57.7 Å². The molecule has 0 saturated carbocycles. The van der Waals surface area contributed by atoms with Gasteiger partial charge in [-0.15, -0.1) is 5.10 Å². The predicted octanol–water partition coefficient (Wildman–Crippen LogP) is 3.35. The average Bonchev–Trinajstić information content (AvgIpc) is 2.90. The molecule has 2 aromatic carbocycles. The lowest BCUT2D eigenvalue weighted by atomic mass is 10.1. The Morgan fingerprint density at radius 3 is 2.70 bits per heavy atom. The third-order valence-corrected chi connectivity index (χ3v) is 3.96. The minimum absolute atomic E-state index is 0.0266. The number of benzene rings is 2. The van der Waals surface area contributed by atoms with Gasteiger partial charge in [0.2, 0.25) is 5.89 Å². The van der Waals surface area contributed by atoms with Gasteiger partial charge in [0.1, 0.15) is 5.56 Å². The van der Waals surface area contributed by atoms with Gasteiger partial charge in [0.25, 0.3) is 5.56 Å². The van der Waals surface area contributed by atoms with Crippen LogP contribution in [0.1, 0.15) is 12.5 Å². The molecule has 0 atom stereocenters. The molecule has 114 valence electrons. The van der Waals surface area contributed by atoms with Gasteiger partial charge < -0.3 is 9.52 Å². The molecule has 0 fully saturated rings. The Labute approximate surface area is 131 Å². The number of fused-ring (bicyclic) bond motifs is 2. The maximum atomic E-state index is 12.6. The van der Waals surface area contributed by atoms with Gasteiger partial charge in [0, 0.05) is 5.39 Å². The highest BCUT2D eigenvalue weighted by Crippen LogP contribution is 2.30. The third-order valence-electron chi connectivity index (χ3n) is 3.96. The van der Waals surface area contributed by atoms with Crippen LogP contribution in [0.25, 0.3) is 28.1 Å². The Kier molecular flexibility index (Phi) is 2.94. The van der Waals surface area contributed by atoms with Crippen LogP contribution in [0.4, 0.5) is 0 Å². The van der Waals surface area contributed by atoms with E-state index in [0.717, 1.165) is 6.42 Å². The van der Waals surface area contributed by atoms with E-state index in [1.807, 2.05) is 24.3 Å². The van der Waals surface area contributed by atoms with E-state index in [0.29, 0.717) is 22.2 Å².